The third kappa shape index (κ3) is 18.1. The fourth-order valence-corrected chi connectivity index (χ4v) is 4.91. The zero-order valence-electron chi connectivity index (χ0n) is 30.1. The third-order valence-corrected chi connectivity index (χ3v) is 7.94. The number of nitro groups is 2. The van der Waals surface area contributed by atoms with Crippen LogP contribution < -0.4 is 10.6 Å². The number of nitrogens with zero attached hydrogens (tertiary/aromatic N) is 4. The minimum absolute atomic E-state index is 0.120. The van der Waals surface area contributed by atoms with E-state index in [4.69, 9.17) is 9.47 Å². The average molecular weight is 809 g/mol. The molecule has 310 valence electrons. The predicted octanol–water partition coefficient (Wildman–Crippen LogP) is 6.56. The Bertz CT molecular complexity index is 1480. The van der Waals surface area contributed by atoms with Crippen molar-refractivity contribution in [2.45, 2.75) is 76.9 Å². The van der Waals surface area contributed by atoms with Crippen LogP contribution >= 0.6 is 0 Å². The minimum Gasteiger partial charge on any atom is -0.445 e. The molecule has 16 nitrogen and oxygen atoms in total. The highest BCUT2D eigenvalue weighted by molar-refractivity contribution is 5.82. The molecule has 4 amide bonds. The number of alkyl halides is 6. The molecule has 0 fully saturated rings. The second-order valence-corrected chi connectivity index (χ2v) is 12.3. The number of ether oxygens (including phenoxy) is 2. The Morgan fingerprint density at radius 1 is 0.536 bits per heavy atom. The number of amides is 4. The van der Waals surface area contributed by atoms with Gasteiger partial charge in [-0.05, 0) is 86.8 Å². The van der Waals surface area contributed by atoms with Crippen LogP contribution in [0.1, 0.15) is 62.5 Å². The van der Waals surface area contributed by atoms with Gasteiger partial charge in [0.15, 0.2) is 0 Å². The molecule has 0 radical (unpaired) electrons. The van der Waals surface area contributed by atoms with Crippen molar-refractivity contribution in [3.63, 3.8) is 0 Å². The van der Waals surface area contributed by atoms with Crippen LogP contribution in [0.25, 0.3) is 0 Å². The first-order valence-electron chi connectivity index (χ1n) is 17.4. The van der Waals surface area contributed by atoms with Gasteiger partial charge in [0.05, 0.1) is 9.85 Å². The molecule has 2 rings (SSSR count). The molecule has 0 spiro atoms. The molecule has 22 heteroatoms. The summed E-state index contributed by atoms with van der Waals surface area (Å²) < 4.78 is 85.3. The summed E-state index contributed by atoms with van der Waals surface area (Å²) in [5, 5.41) is 25.4. The summed E-state index contributed by atoms with van der Waals surface area (Å²) in [5.74, 6) is -4.12. The lowest BCUT2D eigenvalue weighted by Gasteiger charge is -2.24. The average Bonchev–Trinajstić information content (AvgIpc) is 3.14. The molecule has 0 heterocycles. The maximum absolute atomic E-state index is 13.1. The largest absolute Gasteiger partial charge is 0.471 e. The summed E-state index contributed by atoms with van der Waals surface area (Å²) in [4.78, 5) is 71.5. The van der Waals surface area contributed by atoms with Gasteiger partial charge in [0.2, 0.25) is 0 Å². The van der Waals surface area contributed by atoms with Crippen LogP contribution in [0.5, 0.6) is 0 Å². The van der Waals surface area contributed by atoms with Gasteiger partial charge in [0, 0.05) is 63.5 Å². The SMILES string of the molecule is O=C(OCc1ccc([N+](=O)[O-])cc1)N(CCCCCNC(=O)C(F)(F)F)CCCCN(CCCCCNC(=O)C(F)(F)F)C(=O)OCc1ccc([N+](=O)[O-])cc1. The standard InChI is InChI=1S/C34H42F6N6O10/c35-33(36,37)29(47)41-17-3-1-5-19-43(31(49)55-23-25-9-13-27(14-10-25)45(51)52)21-7-8-22-44(20-6-2-4-18-42-30(48)34(38,39)40)32(50)56-24-26-11-15-28(16-12-26)46(53)54/h9-16H,1-8,17-24H2,(H,41,47)(H,42,48). The van der Waals surface area contributed by atoms with E-state index in [1.165, 1.54) is 58.3 Å². The topological polar surface area (TPSA) is 204 Å². The summed E-state index contributed by atoms with van der Waals surface area (Å²) in [5.41, 5.74) is 0.614. The van der Waals surface area contributed by atoms with E-state index in [0.29, 0.717) is 49.7 Å². The fraction of sp³-hybridized carbons (Fsp3) is 0.529. The number of hydrogen-bond acceptors (Lipinski definition) is 10. The van der Waals surface area contributed by atoms with Crippen molar-refractivity contribution in [3.8, 4) is 0 Å². The van der Waals surface area contributed by atoms with Crippen LogP contribution in [0.4, 0.5) is 47.3 Å². The van der Waals surface area contributed by atoms with Crippen LogP contribution in [-0.2, 0) is 32.3 Å². The van der Waals surface area contributed by atoms with Gasteiger partial charge in [0.25, 0.3) is 11.4 Å². The van der Waals surface area contributed by atoms with E-state index >= 15 is 0 Å². The first-order valence-corrected chi connectivity index (χ1v) is 17.4. The molecule has 56 heavy (non-hydrogen) atoms. The van der Waals surface area contributed by atoms with E-state index in [9.17, 15) is 65.7 Å². The highest BCUT2D eigenvalue weighted by Gasteiger charge is 2.38. The van der Waals surface area contributed by atoms with Crippen molar-refractivity contribution in [2.75, 3.05) is 39.3 Å². The highest BCUT2D eigenvalue weighted by Crippen LogP contribution is 2.17. The van der Waals surface area contributed by atoms with Gasteiger partial charge >= 0.3 is 36.4 Å². The Balaban J connectivity index is 1.99. The molecule has 0 bridgehead atoms. The fourth-order valence-electron chi connectivity index (χ4n) is 4.91. The molecule has 2 N–H and O–H groups in total. The molecular weight excluding hydrogens is 766 g/mol. The maximum Gasteiger partial charge on any atom is 0.471 e. The predicted molar refractivity (Wildman–Crippen MR) is 185 cm³/mol. The summed E-state index contributed by atoms with van der Waals surface area (Å²) in [7, 11) is 0. The number of carbonyl (C=O) groups is 4. The zero-order chi connectivity index (χ0) is 41.7. The smallest absolute Gasteiger partial charge is 0.445 e. The number of benzene rings is 2. The molecule has 2 aromatic carbocycles. The van der Waals surface area contributed by atoms with Crippen molar-refractivity contribution < 1.29 is 64.8 Å². The van der Waals surface area contributed by atoms with Gasteiger partial charge in [-0.25, -0.2) is 9.59 Å². The lowest BCUT2D eigenvalue weighted by Crippen LogP contribution is -2.37. The monoisotopic (exact) mass is 808 g/mol. The summed E-state index contributed by atoms with van der Waals surface area (Å²) in [6.07, 6.45) is -9.12. The molecule has 0 saturated carbocycles. The maximum atomic E-state index is 13.1. The first kappa shape index (κ1) is 46.5. The zero-order valence-corrected chi connectivity index (χ0v) is 30.1. The van der Waals surface area contributed by atoms with Gasteiger partial charge in [-0.2, -0.15) is 26.3 Å². The van der Waals surface area contributed by atoms with E-state index in [1.54, 1.807) is 10.6 Å². The number of rotatable bonds is 23. The number of hydrogen-bond donors (Lipinski definition) is 2. The lowest BCUT2D eigenvalue weighted by atomic mass is 10.2. The molecule has 0 atom stereocenters. The van der Waals surface area contributed by atoms with Crippen LogP contribution in [0.2, 0.25) is 0 Å². The minimum atomic E-state index is -5.01. The van der Waals surface area contributed by atoms with E-state index in [-0.39, 0.29) is 76.7 Å². The van der Waals surface area contributed by atoms with E-state index in [0.717, 1.165) is 0 Å². The van der Waals surface area contributed by atoms with Gasteiger partial charge in [-0.15, -0.1) is 0 Å². The third-order valence-electron chi connectivity index (χ3n) is 7.94. The number of carbonyl (C=O) groups excluding carboxylic acids is 4. The van der Waals surface area contributed by atoms with Gasteiger partial charge in [-0.3, -0.25) is 29.8 Å². The van der Waals surface area contributed by atoms with Crippen LogP contribution in [0.15, 0.2) is 48.5 Å². The Labute approximate surface area is 316 Å². The second-order valence-electron chi connectivity index (χ2n) is 12.3. The van der Waals surface area contributed by atoms with Crippen LogP contribution in [0, 0.1) is 20.2 Å². The molecule has 0 saturated heterocycles. The summed E-state index contributed by atoms with van der Waals surface area (Å²) >= 11 is 0. The molecule has 0 aromatic heterocycles. The molecule has 0 aliphatic carbocycles. The van der Waals surface area contributed by atoms with Gasteiger partial charge in [-0.1, -0.05) is 0 Å². The van der Waals surface area contributed by atoms with E-state index in [1.807, 2.05) is 0 Å². The van der Waals surface area contributed by atoms with Crippen molar-refractivity contribution >= 4 is 35.4 Å². The Morgan fingerprint density at radius 3 is 1.12 bits per heavy atom. The second kappa shape index (κ2) is 23.3. The number of unbranched alkanes of at least 4 members (excludes halogenated alkanes) is 5. The highest BCUT2D eigenvalue weighted by atomic mass is 19.4. The molecular formula is C34H42F6N6O10. The normalized spacial score (nSPS) is 11.3. The molecule has 2 aromatic rings. The Kier molecular flexibility index (Phi) is 19.3. The Morgan fingerprint density at radius 2 is 0.839 bits per heavy atom. The summed E-state index contributed by atoms with van der Waals surface area (Å²) in [6, 6.07) is 10.6. The summed E-state index contributed by atoms with van der Waals surface area (Å²) in [6.45, 7) is -0.419. The van der Waals surface area contributed by atoms with Gasteiger partial charge in [0.1, 0.15) is 13.2 Å². The Hall–Kier alpha value is -5.70. The van der Waals surface area contributed by atoms with Gasteiger partial charge < -0.3 is 29.9 Å². The quantitative estimate of drug-likeness (QED) is 0.0536. The van der Waals surface area contributed by atoms with Crippen LogP contribution in [0.3, 0.4) is 0 Å². The molecule has 0 aliphatic rings. The number of non-ortho nitro benzene ring substituents is 2. The van der Waals surface area contributed by atoms with Crippen molar-refractivity contribution in [1.82, 2.24) is 20.4 Å². The van der Waals surface area contributed by atoms with Crippen molar-refractivity contribution in [3.05, 3.63) is 79.9 Å². The first-order chi connectivity index (χ1) is 26.4. The van der Waals surface area contributed by atoms with Crippen molar-refractivity contribution in [2.24, 2.45) is 0 Å². The molecule has 0 aliphatic heterocycles. The number of halogens is 6. The number of nitro benzene ring substituents is 2. The van der Waals surface area contributed by atoms with Crippen molar-refractivity contribution in [1.29, 1.82) is 0 Å². The van der Waals surface area contributed by atoms with E-state index in [2.05, 4.69) is 0 Å². The van der Waals surface area contributed by atoms with Crippen LogP contribution in [-0.4, -0.2) is 95.3 Å². The lowest BCUT2D eigenvalue weighted by molar-refractivity contribution is -0.385. The molecule has 0 unspecified atom stereocenters. The number of nitrogens with one attached hydrogen (secondary N) is 2. The van der Waals surface area contributed by atoms with E-state index < -0.39 is 46.2 Å².